The predicted molar refractivity (Wildman–Crippen MR) is 147 cm³/mol. The van der Waals surface area contributed by atoms with Crippen molar-refractivity contribution in [3.63, 3.8) is 0 Å². The van der Waals surface area contributed by atoms with Crippen LogP contribution in [0, 0.1) is 11.6 Å². The number of fused-ring (bicyclic) bond motifs is 2. The summed E-state index contributed by atoms with van der Waals surface area (Å²) in [6.45, 7) is 2.38. The van der Waals surface area contributed by atoms with Crippen LogP contribution in [0.15, 0.2) is 30.3 Å². The van der Waals surface area contributed by atoms with Gasteiger partial charge in [0.25, 0.3) is 0 Å². The minimum Gasteiger partial charge on any atom is -0.465 e. The molecular weight excluding hydrogens is 542 g/mol. The Balaban J connectivity index is 1.46. The standard InChI is InChI=1S/C28H31ClF2N6O3/c1-35-10-3-5-18(35)15-40-27-33-25(22-13-32-14-23(29)37(22)28(38)39)19-7-9-21(24(31)26(19)34-27)36-11-2-4-16-12-17(30)6-8-20(16)36/h6-9,12,18,22-23,32H,2-5,10-11,13-15H2,1H3,(H,38,39). The Bertz CT molecular complexity index is 1440. The van der Waals surface area contributed by atoms with Gasteiger partial charge in [-0.05, 0) is 75.2 Å². The summed E-state index contributed by atoms with van der Waals surface area (Å²) in [7, 11) is 2.03. The zero-order valence-electron chi connectivity index (χ0n) is 22.1. The number of aryl methyl sites for hydroxylation is 1. The Kier molecular flexibility index (Phi) is 7.37. The van der Waals surface area contributed by atoms with Crippen molar-refractivity contribution in [2.24, 2.45) is 0 Å². The molecule has 40 heavy (non-hydrogen) atoms. The number of alkyl halides is 1. The number of likely N-dealkylation sites (N-methyl/N-ethyl adjacent to an activating group) is 1. The number of halogens is 3. The fourth-order valence-electron chi connectivity index (χ4n) is 6.07. The summed E-state index contributed by atoms with van der Waals surface area (Å²) in [5.74, 6) is -0.900. The predicted octanol–water partition coefficient (Wildman–Crippen LogP) is 4.65. The van der Waals surface area contributed by atoms with Crippen LogP contribution in [-0.4, -0.2) is 82.3 Å². The second-order valence-electron chi connectivity index (χ2n) is 10.6. The van der Waals surface area contributed by atoms with Gasteiger partial charge >= 0.3 is 12.1 Å². The smallest absolute Gasteiger partial charge is 0.409 e. The Morgan fingerprint density at radius 1 is 1.15 bits per heavy atom. The molecule has 4 heterocycles. The van der Waals surface area contributed by atoms with Gasteiger partial charge in [-0.25, -0.2) is 13.6 Å². The number of amides is 1. The van der Waals surface area contributed by atoms with Gasteiger partial charge in [0.15, 0.2) is 5.82 Å². The summed E-state index contributed by atoms with van der Waals surface area (Å²) in [6, 6.07) is 7.30. The molecular formula is C28H31ClF2N6O3. The summed E-state index contributed by atoms with van der Waals surface area (Å²) in [5.41, 5.74) is 1.40. The van der Waals surface area contributed by atoms with E-state index in [1.165, 1.54) is 12.1 Å². The fourth-order valence-corrected chi connectivity index (χ4v) is 6.40. The molecule has 0 spiro atoms. The van der Waals surface area contributed by atoms with E-state index in [1.54, 1.807) is 18.2 Å². The Morgan fingerprint density at radius 2 is 1.98 bits per heavy atom. The van der Waals surface area contributed by atoms with Crippen molar-refractivity contribution in [2.75, 3.05) is 44.7 Å². The molecule has 0 aliphatic carbocycles. The van der Waals surface area contributed by atoms with E-state index in [2.05, 4.69) is 20.2 Å². The zero-order chi connectivity index (χ0) is 28.0. The molecule has 2 N–H and O–H groups in total. The average Bonchev–Trinajstić information content (AvgIpc) is 3.35. The van der Waals surface area contributed by atoms with Gasteiger partial charge in [0.05, 0.1) is 17.4 Å². The highest BCUT2D eigenvalue weighted by molar-refractivity contribution is 6.21. The molecule has 3 aliphatic rings. The topological polar surface area (TPSA) is 94.1 Å². The molecule has 0 radical (unpaired) electrons. The monoisotopic (exact) mass is 572 g/mol. The van der Waals surface area contributed by atoms with Crippen molar-refractivity contribution in [3.8, 4) is 6.01 Å². The summed E-state index contributed by atoms with van der Waals surface area (Å²) < 4.78 is 36.4. The molecule has 9 nitrogen and oxygen atoms in total. The number of likely N-dealkylation sites (tertiary alicyclic amines) is 1. The summed E-state index contributed by atoms with van der Waals surface area (Å²) in [5, 5.41) is 13.5. The van der Waals surface area contributed by atoms with Crippen molar-refractivity contribution >= 4 is 40.0 Å². The molecule has 3 aromatic rings. The number of hydrogen-bond donors (Lipinski definition) is 2. The number of rotatable bonds is 5. The first kappa shape index (κ1) is 26.9. The number of carbonyl (C=O) groups is 1. The van der Waals surface area contributed by atoms with E-state index in [0.717, 1.165) is 42.0 Å². The van der Waals surface area contributed by atoms with E-state index in [0.29, 0.717) is 36.3 Å². The van der Waals surface area contributed by atoms with Crippen molar-refractivity contribution < 1.29 is 23.4 Å². The molecule has 1 aromatic heterocycles. The molecule has 2 aromatic carbocycles. The Labute approximate surface area is 235 Å². The van der Waals surface area contributed by atoms with E-state index in [-0.39, 0.29) is 36.5 Å². The molecule has 3 unspecified atom stereocenters. The zero-order valence-corrected chi connectivity index (χ0v) is 22.9. The van der Waals surface area contributed by atoms with Crippen molar-refractivity contribution in [3.05, 3.63) is 53.2 Å². The number of nitrogens with zero attached hydrogens (tertiary/aromatic N) is 5. The summed E-state index contributed by atoms with van der Waals surface area (Å²) in [6.07, 6.45) is 2.29. The van der Waals surface area contributed by atoms with Gasteiger partial charge in [0, 0.05) is 36.7 Å². The molecule has 3 aliphatic heterocycles. The first-order valence-corrected chi connectivity index (χ1v) is 14.0. The van der Waals surface area contributed by atoms with Crippen LogP contribution in [0.1, 0.15) is 36.6 Å². The molecule has 0 saturated carbocycles. The van der Waals surface area contributed by atoms with Gasteiger partial charge in [-0.3, -0.25) is 4.90 Å². The number of piperazine rings is 1. The minimum absolute atomic E-state index is 0.0120. The van der Waals surface area contributed by atoms with E-state index in [4.69, 9.17) is 16.3 Å². The maximum absolute atomic E-state index is 16.4. The SMILES string of the molecule is CN1CCCC1COc1nc(C2CNCC(Cl)N2C(=O)O)c2ccc(N3CCCc4cc(F)ccc43)c(F)c2n1. The van der Waals surface area contributed by atoms with E-state index in [1.807, 2.05) is 11.9 Å². The first-order chi connectivity index (χ1) is 19.3. The van der Waals surface area contributed by atoms with Crippen molar-refractivity contribution in [1.82, 2.24) is 25.1 Å². The van der Waals surface area contributed by atoms with Crippen LogP contribution in [0.3, 0.4) is 0 Å². The average molecular weight is 573 g/mol. The number of benzene rings is 2. The van der Waals surface area contributed by atoms with Crippen LogP contribution in [0.5, 0.6) is 6.01 Å². The normalized spacial score (nSPS) is 23.4. The lowest BCUT2D eigenvalue weighted by Gasteiger charge is -2.37. The number of aromatic nitrogens is 2. The third-order valence-corrected chi connectivity index (χ3v) is 8.51. The molecule has 1 amide bonds. The van der Waals surface area contributed by atoms with Gasteiger partial charge in [-0.1, -0.05) is 11.6 Å². The van der Waals surface area contributed by atoms with Gasteiger partial charge in [0.2, 0.25) is 0 Å². The number of anilines is 2. The van der Waals surface area contributed by atoms with Crippen LogP contribution >= 0.6 is 11.6 Å². The maximum Gasteiger partial charge on any atom is 0.409 e. The molecule has 2 fully saturated rings. The third-order valence-electron chi connectivity index (χ3n) is 8.15. The lowest BCUT2D eigenvalue weighted by molar-refractivity contribution is 0.100. The fraction of sp³-hybridized carbons (Fsp3) is 0.464. The second-order valence-corrected chi connectivity index (χ2v) is 11.1. The molecule has 2 saturated heterocycles. The third kappa shape index (κ3) is 4.90. The molecule has 6 rings (SSSR count). The molecule has 3 atom stereocenters. The van der Waals surface area contributed by atoms with Crippen molar-refractivity contribution in [1.29, 1.82) is 0 Å². The van der Waals surface area contributed by atoms with Gasteiger partial charge in [-0.15, -0.1) is 0 Å². The second kappa shape index (κ2) is 10.9. The molecule has 0 bridgehead atoms. The molecule has 212 valence electrons. The van der Waals surface area contributed by atoms with E-state index < -0.39 is 23.5 Å². The highest BCUT2D eigenvalue weighted by atomic mass is 35.5. The van der Waals surface area contributed by atoms with E-state index in [9.17, 15) is 14.3 Å². The van der Waals surface area contributed by atoms with Crippen LogP contribution in [0.4, 0.5) is 25.0 Å². The Morgan fingerprint density at radius 3 is 2.75 bits per heavy atom. The quantitative estimate of drug-likeness (QED) is 0.337. The van der Waals surface area contributed by atoms with Crippen LogP contribution in [-0.2, 0) is 6.42 Å². The minimum atomic E-state index is -1.19. The first-order valence-electron chi connectivity index (χ1n) is 13.6. The van der Waals surface area contributed by atoms with Crippen LogP contribution < -0.4 is 15.0 Å². The number of hydrogen-bond acceptors (Lipinski definition) is 7. The Hall–Kier alpha value is -3.28. The van der Waals surface area contributed by atoms with Crippen molar-refractivity contribution in [2.45, 2.75) is 43.3 Å². The van der Waals surface area contributed by atoms with Crippen LogP contribution in [0.25, 0.3) is 10.9 Å². The number of nitrogens with one attached hydrogen (secondary N) is 1. The highest BCUT2D eigenvalue weighted by Gasteiger charge is 2.37. The van der Waals surface area contributed by atoms with Gasteiger partial charge < -0.3 is 25.0 Å². The summed E-state index contributed by atoms with van der Waals surface area (Å²) >= 11 is 6.39. The highest BCUT2D eigenvalue weighted by Crippen LogP contribution is 2.39. The van der Waals surface area contributed by atoms with Gasteiger partial charge in [-0.2, -0.15) is 9.97 Å². The lowest BCUT2D eigenvalue weighted by atomic mass is 9.99. The number of ether oxygens (including phenoxy) is 1. The lowest BCUT2D eigenvalue weighted by Crippen LogP contribution is -2.52. The van der Waals surface area contributed by atoms with E-state index >= 15 is 4.39 Å². The largest absolute Gasteiger partial charge is 0.465 e. The molecule has 12 heteroatoms. The number of carboxylic acid groups (broad SMARTS) is 1. The summed E-state index contributed by atoms with van der Waals surface area (Å²) in [4.78, 5) is 26.5. The van der Waals surface area contributed by atoms with Gasteiger partial charge in [0.1, 0.15) is 23.4 Å². The van der Waals surface area contributed by atoms with Crippen LogP contribution in [0.2, 0.25) is 0 Å². The maximum atomic E-state index is 16.4.